The molecule has 19 heavy (non-hydrogen) atoms. The molecule has 0 amide bonds. The summed E-state index contributed by atoms with van der Waals surface area (Å²) in [5, 5.41) is 3.50. The molecule has 0 radical (unpaired) electrons. The minimum atomic E-state index is 0.682. The molecular weight excluding hydrogens is 236 g/mol. The van der Waals surface area contributed by atoms with Crippen molar-refractivity contribution in [3.05, 3.63) is 23.7 Å². The first-order chi connectivity index (χ1) is 9.22. The van der Waals surface area contributed by atoms with E-state index in [1.807, 2.05) is 0 Å². The fraction of sp³-hybridized carbons (Fsp3) is 0.750. The number of rotatable bonds is 5. The topological polar surface area (TPSA) is 28.4 Å². The molecule has 3 nitrogen and oxygen atoms in total. The monoisotopic (exact) mass is 262 g/mol. The number of hydrogen-bond donors (Lipinski definition) is 1. The lowest BCUT2D eigenvalue weighted by atomic mass is 9.97. The minimum absolute atomic E-state index is 0.682. The highest BCUT2D eigenvalue weighted by molar-refractivity contribution is 5.08. The second-order valence-corrected chi connectivity index (χ2v) is 6.32. The van der Waals surface area contributed by atoms with E-state index in [0.717, 1.165) is 30.7 Å². The van der Waals surface area contributed by atoms with Crippen LogP contribution in [0, 0.1) is 0 Å². The van der Waals surface area contributed by atoms with Gasteiger partial charge in [-0.25, -0.2) is 0 Å². The minimum Gasteiger partial charge on any atom is -0.463 e. The van der Waals surface area contributed by atoms with Gasteiger partial charge in [-0.3, -0.25) is 4.90 Å². The third-order valence-corrected chi connectivity index (χ3v) is 4.57. The summed E-state index contributed by atoms with van der Waals surface area (Å²) in [6.45, 7) is 6.53. The number of furan rings is 1. The number of likely N-dealkylation sites (tertiary alicyclic amines) is 1. The van der Waals surface area contributed by atoms with E-state index in [0.29, 0.717) is 12.1 Å². The molecule has 106 valence electrons. The van der Waals surface area contributed by atoms with Crippen molar-refractivity contribution >= 4 is 0 Å². The molecule has 0 bridgehead atoms. The first-order valence-electron chi connectivity index (χ1n) is 7.79. The highest BCUT2D eigenvalue weighted by Crippen LogP contribution is 2.25. The quantitative estimate of drug-likeness (QED) is 0.882. The Morgan fingerprint density at radius 2 is 1.79 bits per heavy atom. The van der Waals surface area contributed by atoms with E-state index in [1.54, 1.807) is 0 Å². The molecule has 1 aliphatic carbocycles. The molecule has 1 aliphatic heterocycles. The Kier molecular flexibility index (Phi) is 3.94. The average molecular weight is 262 g/mol. The van der Waals surface area contributed by atoms with E-state index in [9.17, 15) is 0 Å². The van der Waals surface area contributed by atoms with E-state index in [1.165, 1.54) is 32.1 Å². The first kappa shape index (κ1) is 13.2. The van der Waals surface area contributed by atoms with Gasteiger partial charge in [0, 0.05) is 18.1 Å². The zero-order chi connectivity index (χ0) is 13.2. The van der Waals surface area contributed by atoms with Gasteiger partial charge in [-0.2, -0.15) is 0 Å². The van der Waals surface area contributed by atoms with Gasteiger partial charge in [-0.1, -0.05) is 6.42 Å². The predicted molar refractivity (Wildman–Crippen MR) is 76.9 cm³/mol. The molecule has 1 N–H and O–H groups in total. The van der Waals surface area contributed by atoms with Crippen LogP contribution in [0.25, 0.3) is 0 Å². The Balaban J connectivity index is 1.55. The van der Waals surface area contributed by atoms with Crippen molar-refractivity contribution in [2.24, 2.45) is 0 Å². The molecule has 1 saturated carbocycles. The zero-order valence-electron chi connectivity index (χ0n) is 12.2. The molecular formula is C16H26N2O. The van der Waals surface area contributed by atoms with E-state index in [-0.39, 0.29) is 0 Å². The van der Waals surface area contributed by atoms with Crippen LogP contribution in [0.4, 0.5) is 0 Å². The van der Waals surface area contributed by atoms with Crippen LogP contribution in [0.1, 0.15) is 57.5 Å². The summed E-state index contributed by atoms with van der Waals surface area (Å²) < 4.78 is 5.96. The summed E-state index contributed by atoms with van der Waals surface area (Å²) in [5.74, 6) is 2.20. The summed E-state index contributed by atoms with van der Waals surface area (Å²) >= 11 is 0. The maximum Gasteiger partial charge on any atom is 0.118 e. The van der Waals surface area contributed by atoms with Crippen LogP contribution in [0.2, 0.25) is 0 Å². The highest BCUT2D eigenvalue weighted by atomic mass is 16.3. The van der Waals surface area contributed by atoms with Gasteiger partial charge in [-0.05, 0) is 51.7 Å². The zero-order valence-corrected chi connectivity index (χ0v) is 12.2. The number of nitrogens with one attached hydrogen (secondary N) is 1. The predicted octanol–water partition coefficient (Wildman–Crippen LogP) is 3.29. The van der Waals surface area contributed by atoms with Gasteiger partial charge in [0.05, 0.1) is 13.1 Å². The largest absolute Gasteiger partial charge is 0.463 e. The van der Waals surface area contributed by atoms with Gasteiger partial charge in [0.1, 0.15) is 11.5 Å². The van der Waals surface area contributed by atoms with Gasteiger partial charge >= 0.3 is 0 Å². The maximum absolute atomic E-state index is 5.96. The molecule has 0 unspecified atom stereocenters. The van der Waals surface area contributed by atoms with Crippen LogP contribution in [-0.2, 0) is 13.1 Å². The molecule has 3 heteroatoms. The molecule has 1 aromatic rings. The highest BCUT2D eigenvalue weighted by Gasteiger charge is 2.25. The SMILES string of the molecule is C[C@@H]1CCC[C@H](C)N1Cc1ccc(CNC2CC2)o1. The van der Waals surface area contributed by atoms with Gasteiger partial charge in [0.15, 0.2) is 0 Å². The molecule has 0 aromatic carbocycles. The summed E-state index contributed by atoms with van der Waals surface area (Å²) in [5.41, 5.74) is 0. The molecule has 2 fully saturated rings. The second-order valence-electron chi connectivity index (χ2n) is 6.32. The average Bonchev–Trinajstić information content (AvgIpc) is 3.11. The van der Waals surface area contributed by atoms with Crippen LogP contribution in [-0.4, -0.2) is 23.0 Å². The molecule has 2 heterocycles. The van der Waals surface area contributed by atoms with Crippen molar-refractivity contribution < 1.29 is 4.42 Å². The fourth-order valence-electron chi connectivity index (χ4n) is 3.10. The Morgan fingerprint density at radius 1 is 1.11 bits per heavy atom. The first-order valence-corrected chi connectivity index (χ1v) is 7.79. The summed E-state index contributed by atoms with van der Waals surface area (Å²) in [4.78, 5) is 2.58. The number of nitrogens with zero attached hydrogens (tertiary/aromatic N) is 1. The van der Waals surface area contributed by atoms with E-state index in [2.05, 4.69) is 36.2 Å². The van der Waals surface area contributed by atoms with Gasteiger partial charge < -0.3 is 9.73 Å². The summed E-state index contributed by atoms with van der Waals surface area (Å²) in [6.07, 6.45) is 6.67. The normalized spacial score (nSPS) is 28.7. The van der Waals surface area contributed by atoms with E-state index >= 15 is 0 Å². The molecule has 3 rings (SSSR count). The Labute approximate surface area is 116 Å². The lowest BCUT2D eigenvalue weighted by Gasteiger charge is -2.38. The number of piperidine rings is 1. The molecule has 0 spiro atoms. The van der Waals surface area contributed by atoms with E-state index in [4.69, 9.17) is 4.42 Å². The van der Waals surface area contributed by atoms with Crippen molar-refractivity contribution in [3.8, 4) is 0 Å². The third-order valence-electron chi connectivity index (χ3n) is 4.57. The smallest absolute Gasteiger partial charge is 0.118 e. The Bertz CT molecular complexity index is 401. The van der Waals surface area contributed by atoms with E-state index < -0.39 is 0 Å². The van der Waals surface area contributed by atoms with Crippen molar-refractivity contribution in [1.82, 2.24) is 10.2 Å². The lowest BCUT2D eigenvalue weighted by Crippen LogP contribution is -2.42. The van der Waals surface area contributed by atoms with Gasteiger partial charge in [0.25, 0.3) is 0 Å². The molecule has 1 aromatic heterocycles. The van der Waals surface area contributed by atoms with Crippen molar-refractivity contribution in [3.63, 3.8) is 0 Å². The fourth-order valence-corrected chi connectivity index (χ4v) is 3.10. The second kappa shape index (κ2) is 5.68. The van der Waals surface area contributed by atoms with Crippen LogP contribution >= 0.6 is 0 Å². The molecule has 2 aliphatic rings. The van der Waals surface area contributed by atoms with Crippen molar-refractivity contribution in [2.45, 2.75) is 77.2 Å². The van der Waals surface area contributed by atoms with Crippen LogP contribution < -0.4 is 5.32 Å². The number of hydrogen-bond acceptors (Lipinski definition) is 3. The Hall–Kier alpha value is -0.800. The molecule has 2 atom stereocenters. The Morgan fingerprint density at radius 3 is 2.47 bits per heavy atom. The van der Waals surface area contributed by atoms with Crippen molar-refractivity contribution in [2.75, 3.05) is 0 Å². The summed E-state index contributed by atoms with van der Waals surface area (Å²) in [7, 11) is 0. The van der Waals surface area contributed by atoms with Crippen molar-refractivity contribution in [1.29, 1.82) is 0 Å². The maximum atomic E-state index is 5.96. The standard InChI is InChI=1S/C16H26N2O/c1-12-4-3-5-13(2)18(12)11-16-9-8-15(19-16)10-17-14-6-7-14/h8-9,12-14,17H,3-7,10-11H2,1-2H3/t12-,13+. The van der Waals surface area contributed by atoms with Gasteiger partial charge in [0.2, 0.25) is 0 Å². The van der Waals surface area contributed by atoms with Crippen LogP contribution in [0.3, 0.4) is 0 Å². The van der Waals surface area contributed by atoms with Gasteiger partial charge in [-0.15, -0.1) is 0 Å². The van der Waals surface area contributed by atoms with Crippen LogP contribution in [0.5, 0.6) is 0 Å². The summed E-state index contributed by atoms with van der Waals surface area (Å²) in [6, 6.07) is 6.39. The molecule has 1 saturated heterocycles. The lowest BCUT2D eigenvalue weighted by molar-refractivity contribution is 0.0866. The third kappa shape index (κ3) is 3.40. The van der Waals surface area contributed by atoms with Crippen LogP contribution in [0.15, 0.2) is 16.5 Å².